The first kappa shape index (κ1) is 12.0. The molecule has 0 aliphatic rings. The van der Waals surface area contributed by atoms with Crippen molar-refractivity contribution in [2.75, 3.05) is 12.5 Å². The van der Waals surface area contributed by atoms with Gasteiger partial charge in [-0.2, -0.15) is 0 Å². The summed E-state index contributed by atoms with van der Waals surface area (Å²) in [6, 6.07) is 11.4. The summed E-state index contributed by atoms with van der Waals surface area (Å²) < 4.78 is 5.23. The van der Waals surface area contributed by atoms with E-state index in [2.05, 4.69) is 10.4 Å². The van der Waals surface area contributed by atoms with E-state index in [1.807, 2.05) is 30.3 Å². The van der Waals surface area contributed by atoms with Gasteiger partial charge in [0, 0.05) is 16.8 Å². The fraction of sp³-hybridized carbons (Fsp3) is 0.0714. The summed E-state index contributed by atoms with van der Waals surface area (Å²) in [6.07, 6.45) is 0. The zero-order valence-corrected chi connectivity index (χ0v) is 11.0. The smallest absolute Gasteiger partial charge is 0.121 e. The van der Waals surface area contributed by atoms with Crippen LogP contribution in [0.3, 0.4) is 0 Å². The molecular weight excluding hydrogens is 262 g/mol. The molecule has 0 fully saturated rings. The van der Waals surface area contributed by atoms with Gasteiger partial charge in [0.25, 0.3) is 0 Å². The fourth-order valence-electron chi connectivity index (χ4n) is 2.20. The average molecular weight is 274 g/mol. The Kier molecular flexibility index (Phi) is 2.89. The molecule has 0 aliphatic heterocycles. The molecule has 0 radical (unpaired) electrons. The molecule has 96 valence electrons. The van der Waals surface area contributed by atoms with Gasteiger partial charge in [0.15, 0.2) is 0 Å². The molecule has 3 N–H and O–H groups in total. The monoisotopic (exact) mass is 273 g/mol. The lowest BCUT2D eigenvalue weighted by Gasteiger charge is -2.12. The van der Waals surface area contributed by atoms with E-state index in [1.165, 1.54) is 0 Å². The Morgan fingerprint density at radius 2 is 2.00 bits per heavy atom. The topological polar surface area (TPSA) is 60.2 Å². The Balaban J connectivity index is 2.52. The Morgan fingerprint density at radius 3 is 2.74 bits per heavy atom. The number of ether oxygens (including phenoxy) is 1. The van der Waals surface area contributed by atoms with Gasteiger partial charge >= 0.3 is 0 Å². The van der Waals surface area contributed by atoms with E-state index in [4.69, 9.17) is 22.2 Å². The lowest BCUT2D eigenvalue weighted by molar-refractivity contribution is 0.415. The summed E-state index contributed by atoms with van der Waals surface area (Å²) >= 11 is 6.26. The van der Waals surface area contributed by atoms with Crippen LogP contribution in [-0.2, 0) is 0 Å². The Hall–Kier alpha value is -2.04. The predicted molar refractivity (Wildman–Crippen MR) is 78.6 cm³/mol. The number of pyridine rings is 1. The summed E-state index contributed by atoms with van der Waals surface area (Å²) in [5.74, 6) is 6.33. The molecule has 0 saturated heterocycles. The SMILES string of the molecule is COc1cc(Cl)c2nc3ccccc3c(NN)c2c1. The summed E-state index contributed by atoms with van der Waals surface area (Å²) in [6.45, 7) is 0. The number of nitrogens with one attached hydrogen (secondary N) is 1. The number of benzene rings is 2. The molecule has 0 amide bonds. The standard InChI is InChI=1S/C14H12ClN3O/c1-19-8-6-10-13(18-16)9-4-2-3-5-12(9)17-14(10)11(15)7-8/h2-7H,16H2,1H3,(H,17,18). The third-order valence-electron chi connectivity index (χ3n) is 3.09. The number of rotatable bonds is 2. The minimum Gasteiger partial charge on any atom is -0.497 e. The van der Waals surface area contributed by atoms with Gasteiger partial charge in [0.05, 0.1) is 28.9 Å². The van der Waals surface area contributed by atoms with Crippen molar-refractivity contribution in [2.24, 2.45) is 5.84 Å². The highest BCUT2D eigenvalue weighted by Crippen LogP contribution is 2.36. The van der Waals surface area contributed by atoms with Gasteiger partial charge in [0.2, 0.25) is 0 Å². The maximum absolute atomic E-state index is 6.26. The Morgan fingerprint density at radius 1 is 1.21 bits per heavy atom. The maximum atomic E-state index is 6.26. The van der Waals surface area contributed by atoms with Gasteiger partial charge in [-0.05, 0) is 12.1 Å². The highest BCUT2D eigenvalue weighted by molar-refractivity contribution is 6.36. The molecular formula is C14H12ClN3O. The van der Waals surface area contributed by atoms with Crippen LogP contribution in [-0.4, -0.2) is 12.1 Å². The lowest BCUT2D eigenvalue weighted by atomic mass is 10.1. The molecule has 4 nitrogen and oxygen atoms in total. The molecule has 0 bridgehead atoms. The van der Waals surface area contributed by atoms with Crippen LogP contribution >= 0.6 is 11.6 Å². The van der Waals surface area contributed by atoms with Gasteiger partial charge in [-0.25, -0.2) is 4.98 Å². The second-order valence-corrected chi connectivity index (χ2v) is 4.56. The minimum absolute atomic E-state index is 0.539. The highest BCUT2D eigenvalue weighted by Gasteiger charge is 2.12. The van der Waals surface area contributed by atoms with E-state index in [-0.39, 0.29) is 0 Å². The molecule has 0 saturated carbocycles. The largest absolute Gasteiger partial charge is 0.497 e. The third-order valence-corrected chi connectivity index (χ3v) is 3.38. The quantitative estimate of drug-likeness (QED) is 0.427. The number of para-hydroxylation sites is 1. The summed E-state index contributed by atoms with van der Waals surface area (Å²) in [5.41, 5.74) is 5.08. The van der Waals surface area contributed by atoms with Crippen molar-refractivity contribution in [1.82, 2.24) is 4.98 Å². The minimum atomic E-state index is 0.539. The predicted octanol–water partition coefficient (Wildman–Crippen LogP) is 3.34. The molecule has 1 aromatic heterocycles. The van der Waals surface area contributed by atoms with Gasteiger partial charge in [-0.1, -0.05) is 29.8 Å². The molecule has 5 heteroatoms. The number of nitrogen functional groups attached to an aromatic ring is 1. The first-order valence-electron chi connectivity index (χ1n) is 5.77. The molecule has 19 heavy (non-hydrogen) atoms. The summed E-state index contributed by atoms with van der Waals surface area (Å²) in [4.78, 5) is 4.58. The second-order valence-electron chi connectivity index (χ2n) is 4.15. The number of fused-ring (bicyclic) bond motifs is 2. The number of nitrogens with two attached hydrogens (primary N) is 1. The maximum Gasteiger partial charge on any atom is 0.121 e. The van der Waals surface area contributed by atoms with Crippen molar-refractivity contribution < 1.29 is 4.74 Å². The van der Waals surface area contributed by atoms with Crippen molar-refractivity contribution in [3.8, 4) is 5.75 Å². The first-order chi connectivity index (χ1) is 9.24. The molecule has 0 aliphatic carbocycles. The summed E-state index contributed by atoms with van der Waals surface area (Å²) in [7, 11) is 1.60. The van der Waals surface area contributed by atoms with Gasteiger partial charge in [-0.15, -0.1) is 0 Å². The number of halogens is 1. The van der Waals surface area contributed by atoms with Crippen LogP contribution in [0.15, 0.2) is 36.4 Å². The van der Waals surface area contributed by atoms with Crippen LogP contribution in [0, 0.1) is 0 Å². The van der Waals surface area contributed by atoms with E-state index < -0.39 is 0 Å². The van der Waals surface area contributed by atoms with Gasteiger partial charge in [0.1, 0.15) is 5.75 Å². The van der Waals surface area contributed by atoms with Crippen molar-refractivity contribution in [1.29, 1.82) is 0 Å². The van der Waals surface area contributed by atoms with E-state index in [1.54, 1.807) is 13.2 Å². The second kappa shape index (κ2) is 4.57. The lowest BCUT2D eigenvalue weighted by Crippen LogP contribution is -2.08. The number of methoxy groups -OCH3 is 1. The van der Waals surface area contributed by atoms with Crippen LogP contribution < -0.4 is 16.0 Å². The molecule has 0 unspecified atom stereocenters. The molecule has 0 spiro atoms. The van der Waals surface area contributed by atoms with Crippen LogP contribution in [0.25, 0.3) is 21.8 Å². The first-order valence-corrected chi connectivity index (χ1v) is 6.15. The van der Waals surface area contributed by atoms with Crippen LogP contribution in [0.2, 0.25) is 5.02 Å². The molecule has 2 aromatic carbocycles. The number of aromatic nitrogens is 1. The van der Waals surface area contributed by atoms with Crippen molar-refractivity contribution in [2.45, 2.75) is 0 Å². The van der Waals surface area contributed by atoms with Crippen LogP contribution in [0.1, 0.15) is 0 Å². The van der Waals surface area contributed by atoms with E-state index in [0.717, 1.165) is 22.0 Å². The van der Waals surface area contributed by atoms with Crippen molar-refractivity contribution in [3.05, 3.63) is 41.4 Å². The number of hydrazine groups is 1. The zero-order chi connectivity index (χ0) is 13.4. The number of hydrogen-bond acceptors (Lipinski definition) is 4. The molecule has 3 aromatic rings. The van der Waals surface area contributed by atoms with E-state index in [9.17, 15) is 0 Å². The highest BCUT2D eigenvalue weighted by atomic mass is 35.5. The molecule has 0 atom stereocenters. The summed E-state index contributed by atoms with van der Waals surface area (Å²) in [5, 5.41) is 2.32. The van der Waals surface area contributed by atoms with Crippen molar-refractivity contribution in [3.63, 3.8) is 0 Å². The van der Waals surface area contributed by atoms with E-state index >= 15 is 0 Å². The van der Waals surface area contributed by atoms with Gasteiger partial charge < -0.3 is 10.2 Å². The van der Waals surface area contributed by atoms with Crippen molar-refractivity contribution >= 4 is 39.1 Å². The molecule has 3 rings (SSSR count). The number of anilines is 1. The average Bonchev–Trinajstić information content (AvgIpc) is 2.45. The number of hydrogen-bond donors (Lipinski definition) is 2. The van der Waals surface area contributed by atoms with Crippen LogP contribution in [0.5, 0.6) is 5.75 Å². The Bertz CT molecular complexity index is 773. The fourth-order valence-corrected chi connectivity index (χ4v) is 2.45. The third kappa shape index (κ3) is 1.85. The van der Waals surface area contributed by atoms with E-state index in [0.29, 0.717) is 16.3 Å². The van der Waals surface area contributed by atoms with Crippen LogP contribution in [0.4, 0.5) is 5.69 Å². The zero-order valence-electron chi connectivity index (χ0n) is 10.3. The Labute approximate surface area is 115 Å². The van der Waals surface area contributed by atoms with Gasteiger partial charge in [-0.3, -0.25) is 5.84 Å². The molecule has 1 heterocycles. The normalized spacial score (nSPS) is 10.9. The number of nitrogens with zero attached hydrogens (tertiary/aromatic N) is 1.